The highest BCUT2D eigenvalue weighted by molar-refractivity contribution is 7.13. The van der Waals surface area contributed by atoms with Gasteiger partial charge in [0.15, 0.2) is 0 Å². The van der Waals surface area contributed by atoms with E-state index in [9.17, 15) is 22.8 Å². The summed E-state index contributed by atoms with van der Waals surface area (Å²) in [6.45, 7) is 1.69. The number of anilines is 1. The van der Waals surface area contributed by atoms with Crippen LogP contribution in [0.5, 0.6) is 0 Å². The van der Waals surface area contributed by atoms with Gasteiger partial charge in [-0.25, -0.2) is 14.6 Å². The van der Waals surface area contributed by atoms with Gasteiger partial charge >= 0.3 is 6.18 Å². The number of carbonyl (C=O) groups is 2. The van der Waals surface area contributed by atoms with E-state index in [0.717, 1.165) is 23.2 Å². The summed E-state index contributed by atoms with van der Waals surface area (Å²) in [7, 11) is 0. The Morgan fingerprint density at radius 3 is 2.54 bits per heavy atom. The molecule has 0 saturated carbocycles. The van der Waals surface area contributed by atoms with Crippen molar-refractivity contribution in [1.82, 2.24) is 25.1 Å². The number of pyridine rings is 1. The molecule has 2 N–H and O–H groups in total. The number of hydrogen-bond donors (Lipinski definition) is 2. The molecule has 0 aliphatic rings. The third-order valence-electron chi connectivity index (χ3n) is 4.73. The van der Waals surface area contributed by atoms with Crippen LogP contribution in [0.4, 0.5) is 19.0 Å². The summed E-state index contributed by atoms with van der Waals surface area (Å²) in [6, 6.07) is 9.39. The van der Waals surface area contributed by atoms with Crippen LogP contribution in [0.1, 0.15) is 43.6 Å². The number of amides is 2. The Labute approximate surface area is 205 Å². The van der Waals surface area contributed by atoms with Crippen molar-refractivity contribution >= 4 is 40.6 Å². The molecule has 0 radical (unpaired) electrons. The van der Waals surface area contributed by atoms with Crippen LogP contribution in [0.15, 0.2) is 61.2 Å². The fourth-order valence-corrected chi connectivity index (χ4v) is 4.02. The number of aromatic nitrogens is 4. The maximum absolute atomic E-state index is 13.0. The Morgan fingerprint density at radius 2 is 1.83 bits per heavy atom. The van der Waals surface area contributed by atoms with E-state index < -0.39 is 28.7 Å². The second-order valence-corrected chi connectivity index (χ2v) is 8.74. The molecule has 35 heavy (non-hydrogen) atoms. The van der Waals surface area contributed by atoms with Gasteiger partial charge in [-0.2, -0.15) is 18.3 Å². The Balaban J connectivity index is 1.41. The third kappa shape index (κ3) is 5.66. The largest absolute Gasteiger partial charge is 0.418 e. The van der Waals surface area contributed by atoms with Crippen molar-refractivity contribution < 1.29 is 22.8 Å². The van der Waals surface area contributed by atoms with Crippen molar-refractivity contribution in [3.63, 3.8) is 0 Å². The lowest BCUT2D eigenvalue weighted by Gasteiger charge is -2.11. The topological polar surface area (TPSA) is 102 Å². The molecule has 1 atom stereocenters. The smallest absolute Gasteiger partial charge is 0.343 e. The molecule has 0 bridgehead atoms. The predicted octanol–water partition coefficient (Wildman–Crippen LogP) is 5.14. The number of nitrogens with one attached hydrogen (secondary N) is 2. The standard InChI is InChI=1S/C22H16ClF3N6O2S/c1-12(30-19(33)13-8-29-32(11-13)14-5-3-2-4-6-14)21-28-10-17(35-21)20(34)31-18-7-15(22(24,25)26)16(23)9-27-18/h2-12H,1H3,(H,30,33)(H,27,31,34)/t12-/m1/s1. The van der Waals surface area contributed by atoms with Crippen LogP contribution in [-0.2, 0) is 6.18 Å². The van der Waals surface area contributed by atoms with Crippen molar-refractivity contribution in [3.05, 3.63) is 87.2 Å². The third-order valence-corrected chi connectivity index (χ3v) is 6.21. The average molecular weight is 521 g/mol. The molecule has 1 aromatic carbocycles. The first kappa shape index (κ1) is 24.4. The van der Waals surface area contributed by atoms with Gasteiger partial charge < -0.3 is 10.6 Å². The lowest BCUT2D eigenvalue weighted by Crippen LogP contribution is -2.26. The van der Waals surface area contributed by atoms with Crippen molar-refractivity contribution in [2.45, 2.75) is 19.1 Å². The minimum absolute atomic E-state index is 0.128. The minimum Gasteiger partial charge on any atom is -0.343 e. The molecule has 4 aromatic rings. The molecule has 4 rings (SSSR count). The molecule has 13 heteroatoms. The number of rotatable bonds is 6. The number of halogens is 4. The van der Waals surface area contributed by atoms with E-state index in [1.807, 2.05) is 30.3 Å². The second-order valence-electron chi connectivity index (χ2n) is 7.27. The van der Waals surface area contributed by atoms with Crippen LogP contribution in [0.2, 0.25) is 5.02 Å². The lowest BCUT2D eigenvalue weighted by molar-refractivity contribution is -0.137. The number of hydrogen-bond acceptors (Lipinski definition) is 6. The highest BCUT2D eigenvalue weighted by atomic mass is 35.5. The van der Waals surface area contributed by atoms with Crippen LogP contribution in [0.25, 0.3) is 5.69 Å². The van der Waals surface area contributed by atoms with Crippen molar-refractivity contribution in [2.24, 2.45) is 0 Å². The fraction of sp³-hybridized carbons (Fsp3) is 0.136. The van der Waals surface area contributed by atoms with E-state index in [0.29, 0.717) is 16.6 Å². The predicted molar refractivity (Wildman–Crippen MR) is 124 cm³/mol. The van der Waals surface area contributed by atoms with Crippen LogP contribution >= 0.6 is 22.9 Å². The number of alkyl halides is 3. The zero-order valence-electron chi connectivity index (χ0n) is 17.9. The van der Waals surface area contributed by atoms with E-state index in [1.165, 1.54) is 12.4 Å². The van der Waals surface area contributed by atoms with Crippen molar-refractivity contribution in [2.75, 3.05) is 5.32 Å². The summed E-state index contributed by atoms with van der Waals surface area (Å²) in [5.41, 5.74) is 0.0265. The van der Waals surface area contributed by atoms with Gasteiger partial charge in [-0.15, -0.1) is 11.3 Å². The molecule has 3 heterocycles. The Hall–Kier alpha value is -3.77. The molecular weight excluding hydrogens is 505 g/mol. The Bertz CT molecular complexity index is 1370. The second kappa shape index (κ2) is 9.84. The van der Waals surface area contributed by atoms with Gasteiger partial charge in [0.2, 0.25) is 0 Å². The molecule has 180 valence electrons. The van der Waals surface area contributed by atoms with Gasteiger partial charge in [-0.05, 0) is 25.1 Å². The maximum Gasteiger partial charge on any atom is 0.418 e. The van der Waals surface area contributed by atoms with Crippen molar-refractivity contribution in [1.29, 1.82) is 0 Å². The van der Waals surface area contributed by atoms with Crippen LogP contribution in [0.3, 0.4) is 0 Å². The molecular formula is C22H16ClF3N6O2S. The number of benzene rings is 1. The highest BCUT2D eigenvalue weighted by Crippen LogP contribution is 2.35. The molecule has 2 amide bonds. The van der Waals surface area contributed by atoms with E-state index in [4.69, 9.17) is 11.6 Å². The summed E-state index contributed by atoms with van der Waals surface area (Å²) in [5.74, 6) is -1.39. The zero-order chi connectivity index (χ0) is 25.2. The zero-order valence-corrected chi connectivity index (χ0v) is 19.4. The summed E-state index contributed by atoms with van der Waals surface area (Å²) in [5, 5.41) is 9.12. The first-order valence-electron chi connectivity index (χ1n) is 10.0. The summed E-state index contributed by atoms with van der Waals surface area (Å²) in [6.07, 6.45) is 0.417. The molecule has 0 saturated heterocycles. The molecule has 0 aliphatic heterocycles. The van der Waals surface area contributed by atoms with Gasteiger partial charge in [0, 0.05) is 12.4 Å². The van der Waals surface area contributed by atoms with Gasteiger partial charge in [0.1, 0.15) is 15.7 Å². The molecule has 8 nitrogen and oxygen atoms in total. The van der Waals surface area contributed by atoms with E-state index >= 15 is 0 Å². The summed E-state index contributed by atoms with van der Waals surface area (Å²) >= 11 is 6.53. The SMILES string of the molecule is C[C@@H](NC(=O)c1cnn(-c2ccccc2)c1)c1ncc(C(=O)Nc2cc(C(F)(F)F)c(Cl)cn2)s1. The quantitative estimate of drug-likeness (QED) is 0.366. The number of carbonyl (C=O) groups excluding carboxylic acids is 2. The summed E-state index contributed by atoms with van der Waals surface area (Å²) < 4.78 is 40.6. The lowest BCUT2D eigenvalue weighted by atomic mass is 10.2. The monoisotopic (exact) mass is 520 g/mol. The number of para-hydroxylation sites is 1. The first-order valence-corrected chi connectivity index (χ1v) is 11.2. The molecule has 0 fully saturated rings. The fourth-order valence-electron chi connectivity index (χ4n) is 3.00. The molecule has 0 unspecified atom stereocenters. The normalized spacial score (nSPS) is 12.3. The van der Waals surface area contributed by atoms with Gasteiger partial charge in [0.25, 0.3) is 11.8 Å². The van der Waals surface area contributed by atoms with Gasteiger partial charge in [0.05, 0.1) is 40.3 Å². The highest BCUT2D eigenvalue weighted by Gasteiger charge is 2.34. The van der Waals surface area contributed by atoms with Gasteiger partial charge in [-0.1, -0.05) is 29.8 Å². The van der Waals surface area contributed by atoms with Crippen LogP contribution in [-0.4, -0.2) is 31.6 Å². The molecule has 0 aliphatic carbocycles. The number of nitrogens with zero attached hydrogens (tertiary/aromatic N) is 4. The van der Waals surface area contributed by atoms with E-state index in [1.54, 1.807) is 17.8 Å². The summed E-state index contributed by atoms with van der Waals surface area (Å²) in [4.78, 5) is 33.1. The van der Waals surface area contributed by atoms with E-state index in [2.05, 4.69) is 25.7 Å². The molecule has 0 spiro atoms. The minimum atomic E-state index is -4.69. The maximum atomic E-state index is 13.0. The first-order chi connectivity index (χ1) is 16.6. The van der Waals surface area contributed by atoms with Crippen LogP contribution in [0, 0.1) is 0 Å². The molecule has 3 aromatic heterocycles. The van der Waals surface area contributed by atoms with Crippen LogP contribution < -0.4 is 10.6 Å². The average Bonchev–Trinajstić information content (AvgIpc) is 3.51. The Kier molecular flexibility index (Phi) is 6.85. The van der Waals surface area contributed by atoms with Gasteiger partial charge in [-0.3, -0.25) is 9.59 Å². The van der Waals surface area contributed by atoms with E-state index in [-0.39, 0.29) is 16.6 Å². The van der Waals surface area contributed by atoms with Crippen molar-refractivity contribution in [3.8, 4) is 5.69 Å². The number of thiazole rings is 1. The Morgan fingerprint density at radius 1 is 1.09 bits per heavy atom.